The molecule has 0 aliphatic rings. The van der Waals surface area contributed by atoms with E-state index >= 15 is 0 Å². The van der Waals surface area contributed by atoms with Gasteiger partial charge in [0.1, 0.15) is 0 Å². The van der Waals surface area contributed by atoms with E-state index in [0.29, 0.717) is 0 Å². The zero-order chi connectivity index (χ0) is 8.08. The van der Waals surface area contributed by atoms with Gasteiger partial charge in [-0.05, 0) is 0 Å². The Bertz CT molecular complexity index is 161. The molecule has 0 fully saturated rings. The first-order valence-corrected chi connectivity index (χ1v) is 3.84. The first-order chi connectivity index (χ1) is 3.73. The van der Waals surface area contributed by atoms with Crippen LogP contribution in [0.15, 0.2) is 0 Å². The summed E-state index contributed by atoms with van der Waals surface area (Å²) in [6.45, 7) is 0. The molecule has 0 atom stereocenters. The van der Waals surface area contributed by atoms with Crippen LogP contribution < -0.4 is 39.1 Å². The Kier molecular flexibility index (Phi) is 22.7. The molecule has 0 aromatic heterocycles. The topological polar surface area (TPSA) is 143 Å². The Labute approximate surface area is 97.3 Å². The van der Waals surface area contributed by atoms with E-state index in [1.54, 1.807) is 0 Å². The molecule has 0 amide bonds. The van der Waals surface area contributed by atoms with Gasteiger partial charge in [-0.15, -0.1) is 0 Å². The maximum absolute atomic E-state index is 8.52. The van der Waals surface area contributed by atoms with Crippen molar-refractivity contribution in [3.63, 3.8) is 0 Å². The largest absolute Gasteiger partial charge is 3.00 e. The third kappa shape index (κ3) is 863. The zero-order valence-electron chi connectivity index (χ0n) is 5.34. The first kappa shape index (κ1) is 22.7. The van der Waals surface area contributed by atoms with Gasteiger partial charge in [-0.25, -0.2) is 0 Å². The van der Waals surface area contributed by atoms with Gasteiger partial charge >= 0.3 is 46.9 Å². The fraction of sp³-hybridized carbons (Fsp3) is 0. The quantitative estimate of drug-likeness (QED) is 0.225. The van der Waals surface area contributed by atoms with Gasteiger partial charge in [0.25, 0.3) is 0 Å². The Morgan fingerprint density at radius 2 is 1.09 bits per heavy atom. The summed E-state index contributed by atoms with van der Waals surface area (Å²) in [6.07, 6.45) is 0. The molecule has 0 heterocycles. The van der Waals surface area contributed by atoms with Crippen LogP contribution in [-0.2, 0) is 14.9 Å². The Morgan fingerprint density at radius 3 is 1.09 bits per heavy atom. The smallest absolute Gasteiger partial charge is 0.759 e. The molecule has 11 heteroatoms. The summed E-state index contributed by atoms with van der Waals surface area (Å²) in [6, 6.07) is 0. The summed E-state index contributed by atoms with van der Waals surface area (Å²) in [5.74, 6) is 0. The number of hydrogen-bond donors (Lipinski definition) is 0. The summed E-state index contributed by atoms with van der Waals surface area (Å²) >= 11 is 0. The number of rotatable bonds is 0. The van der Waals surface area contributed by atoms with Gasteiger partial charge in [0.15, 0.2) is 0 Å². The average molecular weight is 222 g/mol. The van der Waals surface area contributed by atoms with Crippen molar-refractivity contribution in [1.82, 2.24) is 0 Å². The van der Waals surface area contributed by atoms with E-state index in [1.165, 1.54) is 0 Å². The maximum atomic E-state index is 8.52. The van der Waals surface area contributed by atoms with Crippen LogP contribution >= 0.6 is 0 Å². The van der Waals surface area contributed by atoms with Crippen LogP contribution in [-0.4, -0.2) is 44.1 Å². The van der Waals surface area contributed by atoms with Gasteiger partial charge in [-0.3, -0.25) is 8.42 Å². The predicted octanol–water partition coefficient (Wildman–Crippen LogP) is -7.59. The van der Waals surface area contributed by atoms with Gasteiger partial charge in [-0.1, -0.05) is 0 Å². The molecule has 0 spiro atoms. The fourth-order valence-corrected chi connectivity index (χ4v) is 0. The maximum Gasteiger partial charge on any atom is 3.00 e. The SMILES string of the molecule is O=S(=O)([O-])[O-].O=[Si]([O-])[O-].[Al+3].[Na+]. The third-order valence-electron chi connectivity index (χ3n) is 0. The van der Waals surface area contributed by atoms with Gasteiger partial charge < -0.3 is 23.2 Å². The first-order valence-electron chi connectivity index (χ1n) is 1.28. The van der Waals surface area contributed by atoms with E-state index in [9.17, 15) is 0 Å². The van der Waals surface area contributed by atoms with E-state index in [4.69, 9.17) is 31.6 Å². The van der Waals surface area contributed by atoms with Crippen molar-refractivity contribution < 1.29 is 61.1 Å². The van der Waals surface area contributed by atoms with Crippen LogP contribution in [0.25, 0.3) is 0 Å². The third-order valence-corrected chi connectivity index (χ3v) is 0. The molecule has 0 aliphatic carbocycles. The minimum atomic E-state index is -5.17. The van der Waals surface area contributed by atoms with E-state index in [1.807, 2.05) is 0 Å². The van der Waals surface area contributed by atoms with Crippen LogP contribution in [0.4, 0.5) is 0 Å². The summed E-state index contributed by atoms with van der Waals surface area (Å²) < 4.78 is 42.6. The zero-order valence-corrected chi connectivity index (χ0v) is 10.3. The van der Waals surface area contributed by atoms with Gasteiger partial charge in [-0.2, -0.15) is 0 Å². The second-order valence-electron chi connectivity index (χ2n) is 0.658. The van der Waals surface area contributed by atoms with E-state index in [2.05, 4.69) is 0 Å². The Hall–Kier alpha value is 1.02. The average Bonchev–Trinajstić information content (AvgIpc) is 1.19. The second-order valence-corrected chi connectivity index (χ2v) is 1.97. The van der Waals surface area contributed by atoms with Gasteiger partial charge in [0, 0.05) is 19.6 Å². The monoisotopic (exact) mass is 222 g/mol. The molecule has 0 unspecified atom stereocenters. The van der Waals surface area contributed by atoms with Crippen molar-refractivity contribution in [3.05, 3.63) is 0 Å². The van der Waals surface area contributed by atoms with Crippen molar-refractivity contribution in [1.29, 1.82) is 0 Å². The molecule has 7 nitrogen and oxygen atoms in total. The predicted molar refractivity (Wildman–Crippen MR) is 22.7 cm³/mol. The van der Waals surface area contributed by atoms with Crippen LogP contribution in [0.2, 0.25) is 0 Å². The number of hydrogen-bond acceptors (Lipinski definition) is 7. The van der Waals surface area contributed by atoms with Crippen LogP contribution in [0.1, 0.15) is 0 Å². The minimum absolute atomic E-state index is 0. The molecule has 0 aromatic rings. The molecule has 56 valence electrons. The minimum Gasteiger partial charge on any atom is -0.759 e. The molecule has 0 aromatic carbocycles. The van der Waals surface area contributed by atoms with E-state index in [0.717, 1.165) is 0 Å². The molecule has 0 bridgehead atoms. The van der Waals surface area contributed by atoms with Gasteiger partial charge in [0.05, 0.1) is 0 Å². The normalized spacial score (nSPS) is 7.45. The molecule has 0 aliphatic heterocycles. The molecular weight excluding hydrogens is 222 g/mol. The molecular formula is AlNaO7SSi. The van der Waals surface area contributed by atoms with Crippen molar-refractivity contribution >= 4 is 36.9 Å². The second kappa shape index (κ2) is 11.0. The standard InChI is InChI=1S/Al.Na.H2O4S.O3Si/c;;1-5(2,3)4;1-4(2)3/h;;(H2,1,2,3,4);/q+3;+1;;-2/p-2. The summed E-state index contributed by atoms with van der Waals surface area (Å²) in [5, 5.41) is 0. The molecule has 0 N–H and O–H groups in total. The van der Waals surface area contributed by atoms with E-state index < -0.39 is 19.6 Å². The Morgan fingerprint density at radius 1 is 1.09 bits per heavy atom. The van der Waals surface area contributed by atoms with E-state index in [-0.39, 0.29) is 46.9 Å². The van der Waals surface area contributed by atoms with Crippen molar-refractivity contribution in [2.24, 2.45) is 0 Å². The molecule has 0 saturated heterocycles. The molecule has 0 radical (unpaired) electrons. The Balaban J connectivity index is -0.0000000383. The summed E-state index contributed by atoms with van der Waals surface area (Å²) in [7, 11) is -8.80. The summed E-state index contributed by atoms with van der Waals surface area (Å²) in [5.41, 5.74) is 0. The van der Waals surface area contributed by atoms with Crippen molar-refractivity contribution in [2.75, 3.05) is 0 Å². The fourth-order valence-electron chi connectivity index (χ4n) is 0. The van der Waals surface area contributed by atoms with Crippen molar-refractivity contribution in [2.45, 2.75) is 0 Å². The van der Waals surface area contributed by atoms with Crippen LogP contribution in [0, 0.1) is 0 Å². The molecule has 0 rings (SSSR count). The van der Waals surface area contributed by atoms with Gasteiger partial charge in [0.2, 0.25) is 0 Å². The van der Waals surface area contributed by atoms with Crippen LogP contribution in [0.5, 0.6) is 0 Å². The molecule has 0 saturated carbocycles. The molecule has 11 heavy (non-hydrogen) atoms. The van der Waals surface area contributed by atoms with Crippen molar-refractivity contribution in [3.8, 4) is 0 Å². The summed E-state index contributed by atoms with van der Waals surface area (Å²) in [4.78, 5) is 17.0. The van der Waals surface area contributed by atoms with Crippen LogP contribution in [0.3, 0.4) is 0 Å².